The van der Waals surface area contributed by atoms with Gasteiger partial charge in [0.25, 0.3) is 0 Å². The molecule has 0 aliphatic carbocycles. The maximum Gasteiger partial charge on any atom is 0.409 e. The van der Waals surface area contributed by atoms with E-state index in [0.29, 0.717) is 83.7 Å². The first-order valence-electron chi connectivity index (χ1n) is 32.3. The Bertz CT molecular complexity index is 1200. The number of rotatable bonds is 57. The predicted molar refractivity (Wildman–Crippen MR) is 316 cm³/mol. The average Bonchev–Trinajstić information content (AvgIpc) is 3.41. The SMILES string of the molecule is CCCCCCCN(CCCCCC(=O)OCC(CCCCC)CCCCC)C(=O)OCCN(CCCN(CC)CCO)CCOC(=O)N(CCCCCCC)CCCCCC(=O)OCC(CCCCC)CCCCC. The molecule has 0 aromatic heterocycles. The Kier molecular flexibility index (Phi) is 53.7. The Morgan fingerprint density at radius 1 is 0.342 bits per heavy atom. The van der Waals surface area contributed by atoms with Crippen LogP contribution in [0.4, 0.5) is 9.59 Å². The summed E-state index contributed by atoms with van der Waals surface area (Å²) in [6, 6.07) is 0. The third-order valence-electron chi connectivity index (χ3n) is 15.1. The molecule has 1 N–H and O–H groups in total. The van der Waals surface area contributed by atoms with Crippen molar-refractivity contribution in [1.29, 1.82) is 0 Å². The maximum atomic E-state index is 13.7. The highest BCUT2D eigenvalue weighted by molar-refractivity contribution is 5.70. The van der Waals surface area contributed by atoms with E-state index in [1.165, 1.54) is 89.9 Å². The van der Waals surface area contributed by atoms with E-state index in [0.717, 1.165) is 142 Å². The highest BCUT2D eigenvalue weighted by Crippen LogP contribution is 2.21. The van der Waals surface area contributed by atoms with Crippen molar-refractivity contribution in [2.75, 3.05) is 98.5 Å². The first kappa shape index (κ1) is 73.4. The lowest BCUT2D eigenvalue weighted by Gasteiger charge is -2.27. The molecule has 13 heteroatoms. The van der Waals surface area contributed by atoms with Gasteiger partial charge in [0.15, 0.2) is 0 Å². The van der Waals surface area contributed by atoms with E-state index in [9.17, 15) is 24.3 Å². The van der Waals surface area contributed by atoms with Crippen LogP contribution in [0.3, 0.4) is 0 Å². The van der Waals surface area contributed by atoms with Gasteiger partial charge < -0.3 is 38.8 Å². The van der Waals surface area contributed by atoms with Crippen molar-refractivity contribution in [3.63, 3.8) is 0 Å². The van der Waals surface area contributed by atoms with Gasteiger partial charge in [-0.3, -0.25) is 14.5 Å². The monoisotopic (exact) mass is 1080 g/mol. The van der Waals surface area contributed by atoms with Crippen molar-refractivity contribution in [1.82, 2.24) is 19.6 Å². The van der Waals surface area contributed by atoms with Gasteiger partial charge in [0, 0.05) is 58.7 Å². The molecule has 450 valence electrons. The van der Waals surface area contributed by atoms with E-state index >= 15 is 0 Å². The molecule has 0 saturated heterocycles. The second-order valence-electron chi connectivity index (χ2n) is 22.1. The third kappa shape index (κ3) is 45.2. The Labute approximate surface area is 468 Å². The lowest BCUT2D eigenvalue weighted by Crippen LogP contribution is -2.39. The summed E-state index contributed by atoms with van der Waals surface area (Å²) < 4.78 is 23.5. The number of carbonyl (C=O) groups is 4. The fourth-order valence-electron chi connectivity index (χ4n) is 9.95. The van der Waals surface area contributed by atoms with Crippen LogP contribution in [0.15, 0.2) is 0 Å². The molecule has 13 nitrogen and oxygen atoms in total. The number of aliphatic hydroxyl groups is 1. The topological polar surface area (TPSA) is 138 Å². The van der Waals surface area contributed by atoms with E-state index in [-0.39, 0.29) is 43.9 Å². The lowest BCUT2D eigenvalue weighted by molar-refractivity contribution is -0.146. The zero-order valence-electron chi connectivity index (χ0n) is 51.0. The minimum absolute atomic E-state index is 0.107. The molecule has 76 heavy (non-hydrogen) atoms. The van der Waals surface area contributed by atoms with E-state index in [1.54, 1.807) is 0 Å². The molecule has 0 rings (SSSR count). The van der Waals surface area contributed by atoms with E-state index in [1.807, 2.05) is 9.80 Å². The van der Waals surface area contributed by atoms with Gasteiger partial charge in [-0.25, -0.2) is 9.59 Å². The highest BCUT2D eigenvalue weighted by Gasteiger charge is 2.20. The van der Waals surface area contributed by atoms with E-state index < -0.39 is 0 Å². The molecule has 0 bridgehead atoms. The normalized spacial score (nSPS) is 11.6. The summed E-state index contributed by atoms with van der Waals surface area (Å²) in [6.07, 6.45) is 35.9. The van der Waals surface area contributed by atoms with Crippen LogP contribution in [0, 0.1) is 11.8 Å². The van der Waals surface area contributed by atoms with Gasteiger partial charge in [-0.2, -0.15) is 0 Å². The number of ether oxygens (including phenoxy) is 4. The molecule has 0 saturated carbocycles. The van der Waals surface area contributed by atoms with E-state index in [4.69, 9.17) is 18.9 Å². The number of esters is 2. The Hall–Kier alpha value is -2.64. The lowest BCUT2D eigenvalue weighted by atomic mass is 9.96. The number of hydrogen-bond donors (Lipinski definition) is 1. The summed E-state index contributed by atoms with van der Waals surface area (Å²) in [6.45, 7) is 23.6. The molecule has 2 amide bonds. The third-order valence-corrected chi connectivity index (χ3v) is 15.1. The largest absolute Gasteiger partial charge is 0.465 e. The minimum atomic E-state index is -0.297. The second kappa shape index (κ2) is 55.7. The molecular weight excluding hydrogens is 957 g/mol. The molecule has 0 heterocycles. The van der Waals surface area contributed by atoms with Gasteiger partial charge in [0.05, 0.1) is 19.8 Å². The minimum Gasteiger partial charge on any atom is -0.465 e. The van der Waals surface area contributed by atoms with Crippen LogP contribution in [0.25, 0.3) is 0 Å². The number of unbranched alkanes of at least 4 members (excludes halogenated alkanes) is 20. The van der Waals surface area contributed by atoms with Crippen molar-refractivity contribution >= 4 is 24.1 Å². The number of amides is 2. The van der Waals surface area contributed by atoms with Gasteiger partial charge in [-0.1, -0.05) is 190 Å². The summed E-state index contributed by atoms with van der Waals surface area (Å²) in [5.41, 5.74) is 0. The standard InChI is InChI=1S/C63H124N4O9/c1-8-15-21-23-33-46-66(48-35-25-31-42-60(69)75-56-58(38-27-17-10-3)39-28-18-11-4)62(71)73-54-51-65(45-37-44-64(14-7)50-53-68)52-55-74-63(72)67(47-34-24-22-16-9-2)49-36-26-32-43-61(70)76-57-59(40-29-19-12-5)41-30-20-13-6/h58-59,68H,8-57H2,1-7H3. The molecular formula is C63H124N4O9. The average molecular weight is 1080 g/mol. The Morgan fingerprint density at radius 3 is 1.01 bits per heavy atom. The molecule has 0 aromatic carbocycles. The zero-order valence-corrected chi connectivity index (χ0v) is 51.0. The number of carbonyl (C=O) groups excluding carboxylic acids is 4. The van der Waals surface area contributed by atoms with Gasteiger partial charge in [0.1, 0.15) is 13.2 Å². The van der Waals surface area contributed by atoms with Crippen molar-refractivity contribution in [2.24, 2.45) is 11.8 Å². The van der Waals surface area contributed by atoms with Crippen LogP contribution in [0.1, 0.15) is 273 Å². The molecule has 0 radical (unpaired) electrons. The summed E-state index contributed by atoms with van der Waals surface area (Å²) in [4.78, 5) is 61.0. The number of likely N-dealkylation sites (N-methyl/N-ethyl adjacent to an activating group) is 1. The first-order valence-corrected chi connectivity index (χ1v) is 32.3. The van der Waals surface area contributed by atoms with Crippen molar-refractivity contribution in [3.8, 4) is 0 Å². The van der Waals surface area contributed by atoms with E-state index in [2.05, 4.69) is 58.3 Å². The summed E-state index contributed by atoms with van der Waals surface area (Å²) >= 11 is 0. The molecule has 0 atom stereocenters. The fourth-order valence-corrected chi connectivity index (χ4v) is 9.95. The van der Waals surface area contributed by atoms with Crippen LogP contribution in [0.5, 0.6) is 0 Å². The molecule has 0 aliphatic rings. The molecule has 0 aromatic rings. The van der Waals surface area contributed by atoms with Crippen LogP contribution < -0.4 is 0 Å². The quantitative estimate of drug-likeness (QED) is 0.0354. The molecule has 0 aliphatic heterocycles. The van der Waals surface area contributed by atoms with Gasteiger partial charge >= 0.3 is 24.1 Å². The van der Waals surface area contributed by atoms with Crippen LogP contribution in [-0.2, 0) is 28.5 Å². The molecule has 0 unspecified atom stereocenters. The van der Waals surface area contributed by atoms with Crippen LogP contribution in [0.2, 0.25) is 0 Å². The number of aliphatic hydroxyl groups excluding tert-OH is 1. The van der Waals surface area contributed by atoms with Crippen molar-refractivity contribution in [3.05, 3.63) is 0 Å². The van der Waals surface area contributed by atoms with Gasteiger partial charge in [-0.05, 0) is 102 Å². The zero-order chi connectivity index (χ0) is 56.0. The highest BCUT2D eigenvalue weighted by atomic mass is 16.6. The number of hydrogen-bond acceptors (Lipinski definition) is 11. The predicted octanol–water partition coefficient (Wildman–Crippen LogP) is 15.6. The smallest absolute Gasteiger partial charge is 0.409 e. The van der Waals surface area contributed by atoms with Gasteiger partial charge in [0.2, 0.25) is 0 Å². The summed E-state index contributed by atoms with van der Waals surface area (Å²) in [5.74, 6) is 0.701. The summed E-state index contributed by atoms with van der Waals surface area (Å²) in [7, 11) is 0. The Balaban J connectivity index is 5.45. The number of nitrogens with zero attached hydrogens (tertiary/aromatic N) is 4. The summed E-state index contributed by atoms with van der Waals surface area (Å²) in [5, 5.41) is 9.58. The first-order chi connectivity index (χ1) is 37.1. The second-order valence-corrected chi connectivity index (χ2v) is 22.1. The van der Waals surface area contributed by atoms with Crippen molar-refractivity contribution in [2.45, 2.75) is 273 Å². The Morgan fingerprint density at radius 2 is 0.671 bits per heavy atom. The van der Waals surface area contributed by atoms with Crippen LogP contribution in [-0.4, -0.2) is 147 Å². The van der Waals surface area contributed by atoms with Crippen molar-refractivity contribution < 1.29 is 43.2 Å². The maximum absolute atomic E-state index is 13.7. The molecule has 0 fully saturated rings. The fraction of sp³-hybridized carbons (Fsp3) is 0.937. The van der Waals surface area contributed by atoms with Crippen LogP contribution >= 0.6 is 0 Å². The molecule has 0 spiro atoms. The van der Waals surface area contributed by atoms with Gasteiger partial charge in [-0.15, -0.1) is 0 Å².